The summed E-state index contributed by atoms with van der Waals surface area (Å²) in [5, 5.41) is 2.16. The van der Waals surface area contributed by atoms with Gasteiger partial charge in [0.05, 0.1) is 23.4 Å². The summed E-state index contributed by atoms with van der Waals surface area (Å²) >= 11 is 6.03. The fourth-order valence-electron chi connectivity index (χ4n) is 2.86. The molecule has 196 valence electrons. The van der Waals surface area contributed by atoms with Crippen LogP contribution < -0.4 is 11.0 Å². The molecule has 1 aliphatic heterocycles. The average molecular weight is 522 g/mol. The van der Waals surface area contributed by atoms with E-state index in [1.807, 2.05) is 0 Å². The van der Waals surface area contributed by atoms with Crippen molar-refractivity contribution in [2.24, 2.45) is 17.3 Å². The Morgan fingerprint density at radius 3 is 2.34 bits per heavy atom. The Morgan fingerprint density at radius 2 is 1.86 bits per heavy atom. The molecule has 1 N–H and O–H groups in total. The molecule has 1 aromatic rings. The molecule has 1 aromatic heterocycles. The van der Waals surface area contributed by atoms with E-state index in [9.17, 15) is 23.6 Å². The lowest BCUT2D eigenvalue weighted by Crippen LogP contribution is -2.51. The number of carbonyl (C=O) groups is 3. The Kier molecular flexibility index (Phi) is 8.65. The largest absolute Gasteiger partial charge is 0.452 e. The quantitative estimate of drug-likeness (QED) is 0.429. The minimum absolute atomic E-state index is 0.473. The molecular weight excluding hydrogens is 492 g/mol. The smallest absolute Gasteiger partial charge is 0.351 e. The van der Waals surface area contributed by atoms with E-state index in [1.165, 1.54) is 34.6 Å². The SMILES string of the molecule is CC(C)C(=O)Nc1nc(=O)n([C@@H]2O[C@@](CCl)(OC(=O)C(C)(C)C)[C@@H](OC(=O)C(C)C)[C@@H]2F)cc1F. The molecule has 0 aliphatic carbocycles. The zero-order valence-electron chi connectivity index (χ0n) is 20.6. The van der Waals surface area contributed by atoms with Gasteiger partial charge in [0.15, 0.2) is 24.0 Å². The van der Waals surface area contributed by atoms with Crippen molar-refractivity contribution in [3.05, 3.63) is 22.5 Å². The van der Waals surface area contributed by atoms with Crippen LogP contribution in [0, 0.1) is 23.1 Å². The molecule has 2 heterocycles. The first-order chi connectivity index (χ1) is 16.0. The van der Waals surface area contributed by atoms with Gasteiger partial charge in [-0.15, -0.1) is 11.6 Å². The topological polar surface area (TPSA) is 126 Å². The van der Waals surface area contributed by atoms with Crippen LogP contribution in [0.15, 0.2) is 11.0 Å². The highest BCUT2D eigenvalue weighted by Gasteiger charge is 2.62. The summed E-state index contributed by atoms with van der Waals surface area (Å²) < 4.78 is 47.1. The van der Waals surface area contributed by atoms with Gasteiger partial charge in [0, 0.05) is 5.92 Å². The molecule has 4 atom stereocenters. The Bertz CT molecular complexity index is 1040. The molecule has 1 saturated heterocycles. The molecular formula is C22H30ClF2N3O7. The highest BCUT2D eigenvalue weighted by molar-refractivity contribution is 6.18. The van der Waals surface area contributed by atoms with Crippen LogP contribution in [0.4, 0.5) is 14.6 Å². The molecule has 0 spiro atoms. The normalized spacial score (nSPS) is 24.5. The number of nitrogens with one attached hydrogen (secondary N) is 1. The third-order valence-corrected chi connectivity index (χ3v) is 5.41. The first kappa shape index (κ1) is 28.6. The van der Waals surface area contributed by atoms with Crippen LogP contribution in [0.5, 0.6) is 0 Å². The number of rotatable bonds is 7. The first-order valence-corrected chi connectivity index (χ1v) is 11.5. The number of amides is 1. The summed E-state index contributed by atoms with van der Waals surface area (Å²) in [4.78, 5) is 52.9. The maximum atomic E-state index is 15.7. The van der Waals surface area contributed by atoms with Crippen molar-refractivity contribution >= 4 is 35.3 Å². The fraction of sp³-hybridized carbons (Fsp3) is 0.682. The lowest BCUT2D eigenvalue weighted by atomic mass is 9.97. The number of hydrogen-bond donors (Lipinski definition) is 1. The van der Waals surface area contributed by atoms with Crippen LogP contribution in [0.3, 0.4) is 0 Å². The van der Waals surface area contributed by atoms with Gasteiger partial charge in [-0.3, -0.25) is 19.0 Å². The molecule has 0 bridgehead atoms. The average Bonchev–Trinajstić information content (AvgIpc) is 3.01. The number of aromatic nitrogens is 2. The predicted octanol–water partition coefficient (Wildman–Crippen LogP) is 2.94. The molecule has 35 heavy (non-hydrogen) atoms. The van der Waals surface area contributed by atoms with E-state index in [0.29, 0.717) is 10.8 Å². The van der Waals surface area contributed by atoms with Crippen molar-refractivity contribution in [1.82, 2.24) is 9.55 Å². The van der Waals surface area contributed by atoms with Gasteiger partial charge in [-0.05, 0) is 20.8 Å². The van der Waals surface area contributed by atoms with Crippen molar-refractivity contribution in [1.29, 1.82) is 0 Å². The van der Waals surface area contributed by atoms with E-state index in [4.69, 9.17) is 25.8 Å². The van der Waals surface area contributed by atoms with Crippen LogP contribution >= 0.6 is 11.6 Å². The van der Waals surface area contributed by atoms with Gasteiger partial charge >= 0.3 is 17.6 Å². The lowest BCUT2D eigenvalue weighted by molar-refractivity contribution is -0.255. The van der Waals surface area contributed by atoms with Gasteiger partial charge in [0.25, 0.3) is 5.79 Å². The van der Waals surface area contributed by atoms with Crippen molar-refractivity contribution in [3.63, 3.8) is 0 Å². The number of carbonyl (C=O) groups excluding carboxylic acids is 3. The second kappa shape index (κ2) is 10.6. The van der Waals surface area contributed by atoms with E-state index in [2.05, 4.69) is 10.3 Å². The predicted molar refractivity (Wildman–Crippen MR) is 121 cm³/mol. The number of alkyl halides is 2. The molecule has 10 nitrogen and oxygen atoms in total. The highest BCUT2D eigenvalue weighted by Crippen LogP contribution is 2.43. The zero-order valence-corrected chi connectivity index (χ0v) is 21.3. The summed E-state index contributed by atoms with van der Waals surface area (Å²) in [6, 6.07) is 0. The van der Waals surface area contributed by atoms with Gasteiger partial charge < -0.3 is 19.5 Å². The third-order valence-electron chi connectivity index (χ3n) is 5.04. The number of hydrogen-bond acceptors (Lipinski definition) is 8. The monoisotopic (exact) mass is 521 g/mol. The van der Waals surface area contributed by atoms with Crippen molar-refractivity contribution in [3.8, 4) is 0 Å². The minimum atomic E-state index is -2.32. The molecule has 0 saturated carbocycles. The number of nitrogens with zero attached hydrogens (tertiary/aromatic N) is 2. The molecule has 1 fully saturated rings. The van der Waals surface area contributed by atoms with E-state index in [1.54, 1.807) is 13.8 Å². The molecule has 0 aromatic carbocycles. The van der Waals surface area contributed by atoms with Crippen molar-refractivity contribution in [2.75, 3.05) is 11.2 Å². The van der Waals surface area contributed by atoms with Gasteiger partial charge in [-0.2, -0.15) is 4.98 Å². The van der Waals surface area contributed by atoms with Crippen molar-refractivity contribution < 1.29 is 37.4 Å². The number of anilines is 1. The molecule has 1 amide bonds. The van der Waals surface area contributed by atoms with Gasteiger partial charge in [0.1, 0.15) is 0 Å². The Morgan fingerprint density at radius 1 is 1.26 bits per heavy atom. The maximum Gasteiger partial charge on any atom is 0.351 e. The van der Waals surface area contributed by atoms with Crippen LogP contribution in [0.25, 0.3) is 0 Å². The van der Waals surface area contributed by atoms with E-state index in [-0.39, 0.29) is 0 Å². The van der Waals surface area contributed by atoms with Gasteiger partial charge in [0.2, 0.25) is 12.0 Å². The van der Waals surface area contributed by atoms with E-state index in [0.717, 1.165) is 0 Å². The molecule has 1 aliphatic rings. The van der Waals surface area contributed by atoms with Gasteiger partial charge in [-0.1, -0.05) is 27.7 Å². The van der Waals surface area contributed by atoms with E-state index < -0.39 is 82.6 Å². The van der Waals surface area contributed by atoms with Crippen molar-refractivity contribution in [2.45, 2.75) is 72.8 Å². The Hall–Kier alpha value is -2.60. The highest BCUT2D eigenvalue weighted by atomic mass is 35.5. The summed E-state index contributed by atoms with van der Waals surface area (Å²) in [6.45, 7) is 10.7. The lowest BCUT2D eigenvalue weighted by Gasteiger charge is -2.33. The zero-order chi connectivity index (χ0) is 26.9. The number of ether oxygens (including phenoxy) is 3. The maximum absolute atomic E-state index is 15.7. The Balaban J connectivity index is 2.53. The molecule has 0 unspecified atom stereocenters. The third kappa shape index (κ3) is 6.16. The van der Waals surface area contributed by atoms with Crippen LogP contribution in [-0.4, -0.2) is 51.3 Å². The number of halogens is 3. The van der Waals surface area contributed by atoms with Gasteiger partial charge in [-0.25, -0.2) is 13.6 Å². The molecule has 2 rings (SSSR count). The standard InChI is InChI=1S/C22H30ClF2N3O7/c1-10(2)16(29)26-15-12(24)8-28(20(32)27-15)17-13(25)14(33-18(30)11(3)4)22(9-23,34-17)35-19(31)21(5,6)7/h8,10-11,13-14,17H,9H2,1-7H3,(H,26,27,29,32)/t13-,14-,17+,22-/m0/s1. The minimum Gasteiger partial charge on any atom is -0.452 e. The van der Waals surface area contributed by atoms with Crippen LogP contribution in [0.2, 0.25) is 0 Å². The summed E-state index contributed by atoms with van der Waals surface area (Å²) in [6.07, 6.45) is -5.52. The summed E-state index contributed by atoms with van der Waals surface area (Å²) in [7, 11) is 0. The van der Waals surface area contributed by atoms with E-state index >= 15 is 4.39 Å². The Labute approximate surface area is 206 Å². The molecule has 13 heteroatoms. The number of esters is 2. The second-order valence-electron chi connectivity index (χ2n) is 9.82. The first-order valence-electron chi connectivity index (χ1n) is 11.0. The summed E-state index contributed by atoms with van der Waals surface area (Å²) in [5.41, 5.74) is -2.25. The fourth-order valence-corrected chi connectivity index (χ4v) is 3.13. The van der Waals surface area contributed by atoms with Crippen LogP contribution in [-0.2, 0) is 28.6 Å². The summed E-state index contributed by atoms with van der Waals surface area (Å²) in [5.74, 6) is -8.28. The van der Waals surface area contributed by atoms with Crippen LogP contribution in [0.1, 0.15) is 54.7 Å². The second-order valence-corrected chi connectivity index (χ2v) is 10.1. The molecule has 0 radical (unpaired) electrons.